The Balaban J connectivity index is 2.00. The fourth-order valence-electron chi connectivity index (χ4n) is 2.12. The van der Waals surface area contributed by atoms with Crippen LogP contribution in [0.15, 0.2) is 29.6 Å². The van der Waals surface area contributed by atoms with Gasteiger partial charge >= 0.3 is 5.97 Å². The van der Waals surface area contributed by atoms with E-state index in [4.69, 9.17) is 9.47 Å². The third kappa shape index (κ3) is 2.36. The first-order valence-corrected chi connectivity index (χ1v) is 7.24. The molecule has 5 heteroatoms. The molecular formula is C15H14O4S. The summed E-state index contributed by atoms with van der Waals surface area (Å²) < 4.78 is 11.4. The van der Waals surface area contributed by atoms with Crippen LogP contribution in [0.25, 0.3) is 11.1 Å². The number of hydrogen-bond acceptors (Lipinski definition) is 4. The van der Waals surface area contributed by atoms with E-state index >= 15 is 0 Å². The van der Waals surface area contributed by atoms with E-state index in [1.54, 1.807) is 5.38 Å². The number of carbonyl (C=O) groups is 1. The summed E-state index contributed by atoms with van der Waals surface area (Å²) in [5.74, 6) is 0.817. The number of fused-ring (bicyclic) bond motifs is 1. The molecule has 1 aliphatic heterocycles. The number of carboxylic acid groups (broad SMARTS) is 1. The van der Waals surface area contributed by atoms with Crippen molar-refractivity contribution in [3.63, 3.8) is 0 Å². The Kier molecular flexibility index (Phi) is 3.36. The molecule has 1 aliphatic rings. The third-order valence-corrected chi connectivity index (χ3v) is 4.06. The van der Waals surface area contributed by atoms with E-state index in [1.165, 1.54) is 11.3 Å². The summed E-state index contributed by atoms with van der Waals surface area (Å²) in [7, 11) is 0. The molecule has 1 N–H and O–H groups in total. The predicted octanol–water partition coefficient (Wildman–Crippen LogP) is 3.52. The van der Waals surface area contributed by atoms with Crippen molar-refractivity contribution in [3.05, 3.63) is 34.5 Å². The van der Waals surface area contributed by atoms with Crippen LogP contribution < -0.4 is 9.47 Å². The van der Waals surface area contributed by atoms with Crippen LogP contribution in [-0.4, -0.2) is 24.3 Å². The van der Waals surface area contributed by atoms with Crippen LogP contribution in [0, 0.1) is 5.92 Å². The largest absolute Gasteiger partial charge is 0.489 e. The van der Waals surface area contributed by atoms with Crippen molar-refractivity contribution in [2.24, 2.45) is 5.92 Å². The lowest BCUT2D eigenvalue weighted by Gasteiger charge is -2.09. The van der Waals surface area contributed by atoms with Crippen molar-refractivity contribution in [2.45, 2.75) is 6.92 Å². The number of benzene rings is 1. The van der Waals surface area contributed by atoms with E-state index in [2.05, 4.69) is 6.92 Å². The molecule has 2 heterocycles. The Morgan fingerprint density at radius 3 is 2.75 bits per heavy atom. The minimum absolute atomic E-state index is 0.335. The summed E-state index contributed by atoms with van der Waals surface area (Å²) in [5, 5.41) is 11.0. The third-order valence-electron chi connectivity index (χ3n) is 3.16. The van der Waals surface area contributed by atoms with Crippen LogP contribution >= 0.6 is 11.3 Å². The SMILES string of the molecule is CC1COc2ccc(-c3ccsc3C(=O)O)cc2OC1. The topological polar surface area (TPSA) is 55.8 Å². The highest BCUT2D eigenvalue weighted by Gasteiger charge is 2.18. The van der Waals surface area contributed by atoms with Gasteiger partial charge in [-0.05, 0) is 29.1 Å². The minimum Gasteiger partial charge on any atom is -0.489 e. The summed E-state index contributed by atoms with van der Waals surface area (Å²) >= 11 is 1.22. The lowest BCUT2D eigenvalue weighted by Crippen LogP contribution is -2.12. The summed E-state index contributed by atoms with van der Waals surface area (Å²) in [6.45, 7) is 3.30. The Hall–Kier alpha value is -2.01. The molecule has 1 atom stereocenters. The maximum atomic E-state index is 11.2. The molecule has 20 heavy (non-hydrogen) atoms. The molecule has 2 aromatic rings. The summed E-state index contributed by atoms with van der Waals surface area (Å²) in [6, 6.07) is 7.37. The normalized spacial score (nSPS) is 17.6. The van der Waals surface area contributed by atoms with Gasteiger partial charge in [-0.1, -0.05) is 13.0 Å². The van der Waals surface area contributed by atoms with Gasteiger partial charge in [-0.2, -0.15) is 0 Å². The first-order valence-electron chi connectivity index (χ1n) is 6.36. The van der Waals surface area contributed by atoms with Crippen molar-refractivity contribution < 1.29 is 19.4 Å². The maximum Gasteiger partial charge on any atom is 0.346 e. The average molecular weight is 290 g/mol. The zero-order valence-electron chi connectivity index (χ0n) is 11.0. The van der Waals surface area contributed by atoms with Gasteiger partial charge in [0.1, 0.15) is 4.88 Å². The smallest absolute Gasteiger partial charge is 0.346 e. The van der Waals surface area contributed by atoms with E-state index in [0.29, 0.717) is 41.1 Å². The van der Waals surface area contributed by atoms with Crippen LogP contribution in [0.1, 0.15) is 16.6 Å². The molecule has 0 bridgehead atoms. The van der Waals surface area contributed by atoms with Gasteiger partial charge in [0.15, 0.2) is 11.5 Å². The van der Waals surface area contributed by atoms with Crippen LogP contribution in [0.2, 0.25) is 0 Å². The average Bonchev–Trinajstić information content (AvgIpc) is 2.85. The molecule has 0 fully saturated rings. The first-order chi connectivity index (χ1) is 9.65. The van der Waals surface area contributed by atoms with Gasteiger partial charge in [0.2, 0.25) is 0 Å². The van der Waals surface area contributed by atoms with Gasteiger partial charge in [-0.25, -0.2) is 4.79 Å². The van der Waals surface area contributed by atoms with Crippen molar-refractivity contribution in [1.29, 1.82) is 0 Å². The van der Waals surface area contributed by atoms with Gasteiger partial charge in [0, 0.05) is 11.5 Å². The number of thiophene rings is 1. The molecule has 3 rings (SSSR count). The highest BCUT2D eigenvalue weighted by atomic mass is 32.1. The number of aromatic carboxylic acids is 1. The first kappa shape index (κ1) is 13.0. The highest BCUT2D eigenvalue weighted by Crippen LogP contribution is 2.37. The highest BCUT2D eigenvalue weighted by molar-refractivity contribution is 7.12. The van der Waals surface area contributed by atoms with Crippen LogP contribution in [0.5, 0.6) is 11.5 Å². The van der Waals surface area contributed by atoms with Crippen molar-refractivity contribution in [2.75, 3.05) is 13.2 Å². The second-order valence-corrected chi connectivity index (χ2v) is 5.77. The Morgan fingerprint density at radius 1 is 1.25 bits per heavy atom. The van der Waals surface area contributed by atoms with Crippen molar-refractivity contribution in [3.8, 4) is 22.6 Å². The number of ether oxygens (including phenoxy) is 2. The summed E-state index contributed by atoms with van der Waals surface area (Å²) in [4.78, 5) is 11.5. The van der Waals surface area contributed by atoms with E-state index in [9.17, 15) is 9.90 Å². The molecule has 1 aromatic heterocycles. The van der Waals surface area contributed by atoms with Gasteiger partial charge in [-0.15, -0.1) is 11.3 Å². The molecule has 0 aliphatic carbocycles. The number of rotatable bonds is 2. The molecule has 0 spiro atoms. The summed E-state index contributed by atoms with van der Waals surface area (Å²) in [6.07, 6.45) is 0. The molecule has 1 unspecified atom stereocenters. The van der Waals surface area contributed by atoms with Crippen LogP contribution in [-0.2, 0) is 0 Å². The van der Waals surface area contributed by atoms with Gasteiger partial charge < -0.3 is 14.6 Å². The molecule has 0 radical (unpaired) electrons. The Labute approximate surface area is 120 Å². The lowest BCUT2D eigenvalue weighted by atomic mass is 10.1. The lowest BCUT2D eigenvalue weighted by molar-refractivity contribution is 0.0703. The standard InChI is InChI=1S/C15H14O4S/c1-9-7-18-12-3-2-10(6-13(12)19-8-9)11-4-5-20-14(11)15(16)17/h2-6,9H,7-8H2,1H3,(H,16,17). The number of hydrogen-bond donors (Lipinski definition) is 1. The maximum absolute atomic E-state index is 11.2. The Bertz CT molecular complexity index is 647. The predicted molar refractivity (Wildman–Crippen MR) is 76.9 cm³/mol. The minimum atomic E-state index is -0.907. The monoisotopic (exact) mass is 290 g/mol. The van der Waals surface area contributed by atoms with E-state index in [0.717, 1.165) is 5.56 Å². The van der Waals surface area contributed by atoms with Crippen molar-refractivity contribution >= 4 is 17.3 Å². The fourth-order valence-corrected chi connectivity index (χ4v) is 2.88. The molecule has 4 nitrogen and oxygen atoms in total. The molecular weight excluding hydrogens is 276 g/mol. The van der Waals surface area contributed by atoms with Gasteiger partial charge in [0.05, 0.1) is 13.2 Å². The molecule has 0 saturated carbocycles. The van der Waals surface area contributed by atoms with Gasteiger partial charge in [0.25, 0.3) is 0 Å². The summed E-state index contributed by atoms with van der Waals surface area (Å²) in [5.41, 5.74) is 1.55. The van der Waals surface area contributed by atoms with E-state index in [-0.39, 0.29) is 0 Å². The number of carboxylic acids is 1. The fraction of sp³-hybridized carbons (Fsp3) is 0.267. The zero-order chi connectivity index (χ0) is 14.1. The van der Waals surface area contributed by atoms with Gasteiger partial charge in [-0.3, -0.25) is 0 Å². The second-order valence-electron chi connectivity index (χ2n) is 4.86. The van der Waals surface area contributed by atoms with Crippen molar-refractivity contribution in [1.82, 2.24) is 0 Å². The molecule has 104 valence electrons. The van der Waals surface area contributed by atoms with E-state index < -0.39 is 5.97 Å². The van der Waals surface area contributed by atoms with E-state index in [1.807, 2.05) is 24.3 Å². The van der Waals surface area contributed by atoms with Crippen LogP contribution in [0.4, 0.5) is 0 Å². The Morgan fingerprint density at radius 2 is 2.00 bits per heavy atom. The molecule has 0 amide bonds. The van der Waals surface area contributed by atoms with Crippen LogP contribution in [0.3, 0.4) is 0 Å². The second kappa shape index (κ2) is 5.17. The molecule has 0 saturated heterocycles. The quantitative estimate of drug-likeness (QED) is 0.919. The molecule has 1 aromatic carbocycles. The zero-order valence-corrected chi connectivity index (χ0v) is 11.8.